The molecule has 8 heteroatoms. The first kappa shape index (κ1) is 14.1. The van der Waals surface area contributed by atoms with Crippen LogP contribution in [0.4, 0.5) is 0 Å². The molecule has 0 aliphatic carbocycles. The van der Waals surface area contributed by atoms with Gasteiger partial charge in [-0.3, -0.25) is 0 Å². The highest BCUT2D eigenvalue weighted by molar-refractivity contribution is 8.13. The Morgan fingerprint density at radius 1 is 1.29 bits per heavy atom. The average Bonchev–Trinajstić information content (AvgIpc) is 2.25. The summed E-state index contributed by atoms with van der Waals surface area (Å²) in [6.07, 6.45) is 0. The van der Waals surface area contributed by atoms with Crippen LogP contribution in [0.15, 0.2) is 17.0 Å². The van der Waals surface area contributed by atoms with Crippen LogP contribution in [0.5, 0.6) is 5.75 Å². The number of ether oxygens (including phenoxy) is 2. The molecule has 17 heavy (non-hydrogen) atoms. The van der Waals surface area contributed by atoms with Gasteiger partial charge in [-0.05, 0) is 12.1 Å². The first-order valence-electron chi connectivity index (χ1n) is 4.21. The summed E-state index contributed by atoms with van der Waals surface area (Å²) in [5.41, 5.74) is -0.0301. The van der Waals surface area contributed by atoms with Gasteiger partial charge >= 0.3 is 5.97 Å². The highest BCUT2D eigenvalue weighted by Crippen LogP contribution is 2.35. The maximum atomic E-state index is 11.3. The zero-order valence-electron chi connectivity index (χ0n) is 8.86. The van der Waals surface area contributed by atoms with E-state index in [1.54, 1.807) is 0 Å². The molecule has 0 amide bonds. The van der Waals surface area contributed by atoms with E-state index in [1.807, 2.05) is 0 Å². The van der Waals surface area contributed by atoms with Gasteiger partial charge in [0.05, 0.1) is 24.8 Å². The molecule has 1 aromatic rings. The van der Waals surface area contributed by atoms with E-state index < -0.39 is 15.0 Å². The third-order valence-corrected chi connectivity index (χ3v) is 3.51. The van der Waals surface area contributed by atoms with E-state index in [1.165, 1.54) is 13.2 Å². The topological polar surface area (TPSA) is 69.7 Å². The zero-order chi connectivity index (χ0) is 13.2. The summed E-state index contributed by atoms with van der Waals surface area (Å²) in [6.45, 7) is 0. The summed E-state index contributed by atoms with van der Waals surface area (Å²) in [5.74, 6) is -0.842. The molecule has 5 nitrogen and oxygen atoms in total. The number of esters is 1. The van der Waals surface area contributed by atoms with E-state index in [9.17, 15) is 13.2 Å². The number of benzene rings is 1. The average molecular weight is 299 g/mol. The Balaban J connectivity index is 3.56. The maximum absolute atomic E-state index is 11.3. The van der Waals surface area contributed by atoms with Gasteiger partial charge in [0, 0.05) is 10.7 Å². The van der Waals surface area contributed by atoms with Crippen LogP contribution in [0.2, 0.25) is 5.02 Å². The summed E-state index contributed by atoms with van der Waals surface area (Å²) in [6, 6.07) is 2.27. The van der Waals surface area contributed by atoms with E-state index in [-0.39, 0.29) is 21.2 Å². The third-order valence-electron chi connectivity index (χ3n) is 1.90. The van der Waals surface area contributed by atoms with E-state index in [0.29, 0.717) is 0 Å². The molecule has 0 spiro atoms. The van der Waals surface area contributed by atoms with E-state index in [4.69, 9.17) is 27.0 Å². The summed E-state index contributed by atoms with van der Waals surface area (Å²) in [4.78, 5) is 10.9. The number of carbonyl (C=O) groups is 1. The van der Waals surface area contributed by atoms with Crippen LogP contribution in [0.3, 0.4) is 0 Å². The molecule has 0 aromatic heterocycles. The molecule has 0 radical (unpaired) electrons. The van der Waals surface area contributed by atoms with Crippen LogP contribution in [-0.2, 0) is 13.8 Å². The summed E-state index contributed by atoms with van der Waals surface area (Å²) in [5, 5.41) is -0.0466. The Hall–Kier alpha value is -0.980. The second-order valence-electron chi connectivity index (χ2n) is 2.92. The molecule has 1 rings (SSSR count). The molecule has 0 aliphatic rings. The largest absolute Gasteiger partial charge is 0.494 e. The van der Waals surface area contributed by atoms with Gasteiger partial charge in [-0.15, -0.1) is 0 Å². The molecule has 0 atom stereocenters. The van der Waals surface area contributed by atoms with Crippen LogP contribution in [0.25, 0.3) is 0 Å². The maximum Gasteiger partial charge on any atom is 0.337 e. The fourth-order valence-electron chi connectivity index (χ4n) is 1.18. The fraction of sp³-hybridized carbons (Fsp3) is 0.222. The van der Waals surface area contributed by atoms with Gasteiger partial charge in [0.25, 0.3) is 9.05 Å². The third kappa shape index (κ3) is 3.02. The minimum atomic E-state index is -4.08. The second kappa shape index (κ2) is 5.12. The molecule has 0 N–H and O–H groups in total. The second-order valence-corrected chi connectivity index (χ2v) is 5.86. The van der Waals surface area contributed by atoms with Crippen molar-refractivity contribution in [1.29, 1.82) is 0 Å². The first-order chi connectivity index (χ1) is 7.81. The number of rotatable bonds is 3. The van der Waals surface area contributed by atoms with Crippen molar-refractivity contribution >= 4 is 37.3 Å². The Morgan fingerprint density at radius 2 is 1.88 bits per heavy atom. The summed E-state index contributed by atoms with van der Waals surface area (Å²) < 4.78 is 31.9. The van der Waals surface area contributed by atoms with E-state index in [2.05, 4.69) is 4.74 Å². The van der Waals surface area contributed by atoms with Crippen molar-refractivity contribution in [1.82, 2.24) is 0 Å². The van der Waals surface area contributed by atoms with Gasteiger partial charge in [-0.25, -0.2) is 13.2 Å². The lowest BCUT2D eigenvalue weighted by molar-refractivity contribution is 0.0600. The predicted molar refractivity (Wildman–Crippen MR) is 62.4 cm³/mol. The van der Waals surface area contributed by atoms with Crippen molar-refractivity contribution in [2.45, 2.75) is 4.90 Å². The normalized spacial score (nSPS) is 11.1. The highest BCUT2D eigenvalue weighted by atomic mass is 35.7. The van der Waals surface area contributed by atoms with Gasteiger partial charge in [0.1, 0.15) is 4.90 Å². The van der Waals surface area contributed by atoms with Crippen molar-refractivity contribution in [2.75, 3.05) is 14.2 Å². The van der Waals surface area contributed by atoms with Crippen LogP contribution < -0.4 is 4.74 Å². The molecule has 94 valence electrons. The summed E-state index contributed by atoms with van der Waals surface area (Å²) >= 11 is 5.79. The van der Waals surface area contributed by atoms with E-state index >= 15 is 0 Å². The number of methoxy groups -OCH3 is 2. The smallest absolute Gasteiger partial charge is 0.337 e. The van der Waals surface area contributed by atoms with Crippen molar-refractivity contribution in [2.24, 2.45) is 0 Å². The Labute approximate surface area is 108 Å². The van der Waals surface area contributed by atoms with Gasteiger partial charge in [-0.1, -0.05) is 11.6 Å². The van der Waals surface area contributed by atoms with Crippen LogP contribution in [0.1, 0.15) is 10.4 Å². The first-order valence-corrected chi connectivity index (χ1v) is 6.90. The van der Waals surface area contributed by atoms with Crippen LogP contribution >= 0.6 is 22.3 Å². The molecule has 0 bridgehead atoms. The Morgan fingerprint density at radius 3 is 2.29 bits per heavy atom. The molecule has 0 heterocycles. The molecule has 0 saturated heterocycles. The summed E-state index contributed by atoms with van der Waals surface area (Å²) in [7, 11) is 3.54. The highest BCUT2D eigenvalue weighted by Gasteiger charge is 2.22. The molecular weight excluding hydrogens is 291 g/mol. The monoisotopic (exact) mass is 298 g/mol. The number of hydrogen-bond acceptors (Lipinski definition) is 5. The predicted octanol–water partition coefficient (Wildman–Crippen LogP) is 2.06. The fourth-order valence-corrected chi connectivity index (χ4v) is 2.56. The Kier molecular flexibility index (Phi) is 4.24. The number of halogens is 2. The molecule has 0 aliphatic heterocycles. The molecule has 1 aromatic carbocycles. The molecular formula is C9H8Cl2O5S. The minimum absolute atomic E-state index is 0.0301. The SMILES string of the molecule is COC(=O)c1cc(Cl)c(OC)c(S(=O)(=O)Cl)c1. The minimum Gasteiger partial charge on any atom is -0.494 e. The zero-order valence-corrected chi connectivity index (χ0v) is 11.2. The van der Waals surface area contributed by atoms with Gasteiger partial charge < -0.3 is 9.47 Å². The molecule has 0 unspecified atom stereocenters. The van der Waals surface area contributed by atoms with Crippen molar-refractivity contribution in [3.8, 4) is 5.75 Å². The number of carbonyl (C=O) groups excluding carboxylic acids is 1. The van der Waals surface area contributed by atoms with Crippen LogP contribution in [0, 0.1) is 0 Å². The van der Waals surface area contributed by atoms with Crippen molar-refractivity contribution in [3.63, 3.8) is 0 Å². The molecule has 0 saturated carbocycles. The van der Waals surface area contributed by atoms with Gasteiger partial charge in [0.15, 0.2) is 5.75 Å². The standard InChI is InChI=1S/C9H8Cl2O5S/c1-15-8-6(10)3-5(9(12)16-2)4-7(8)17(11,13)14/h3-4H,1-2H3. The van der Waals surface area contributed by atoms with Gasteiger partial charge in [0.2, 0.25) is 0 Å². The lowest BCUT2D eigenvalue weighted by Crippen LogP contribution is -2.05. The van der Waals surface area contributed by atoms with Crippen molar-refractivity contribution in [3.05, 3.63) is 22.7 Å². The lowest BCUT2D eigenvalue weighted by Gasteiger charge is -2.09. The quantitative estimate of drug-likeness (QED) is 0.631. The Bertz CT molecular complexity index is 553. The van der Waals surface area contributed by atoms with E-state index in [0.717, 1.165) is 13.2 Å². The number of hydrogen-bond donors (Lipinski definition) is 0. The van der Waals surface area contributed by atoms with Crippen molar-refractivity contribution < 1.29 is 22.7 Å². The van der Waals surface area contributed by atoms with Crippen LogP contribution in [-0.4, -0.2) is 28.6 Å². The lowest BCUT2D eigenvalue weighted by atomic mass is 10.2. The molecule has 0 fully saturated rings. The van der Waals surface area contributed by atoms with Gasteiger partial charge in [-0.2, -0.15) is 0 Å².